The molecule has 0 atom stereocenters. The standard InChI is InChI=1S/C17H15NO4/c19-13-9-11(18-5-7-21-8-6-18)10-15-16(13)17(20)12-3-1-2-4-14(12)22-15/h1-4,9-10,19H,5-8H2. The van der Waals surface area contributed by atoms with Crippen LogP contribution in [0.5, 0.6) is 5.75 Å². The predicted octanol–water partition coefficient (Wildman–Crippen LogP) is 2.49. The summed E-state index contributed by atoms with van der Waals surface area (Å²) in [5.41, 5.74) is 1.57. The number of hydrogen-bond acceptors (Lipinski definition) is 5. The van der Waals surface area contributed by atoms with Gasteiger partial charge in [-0.15, -0.1) is 0 Å². The number of phenolic OH excluding ortho intramolecular Hbond substituents is 1. The molecule has 0 radical (unpaired) electrons. The van der Waals surface area contributed by atoms with Crippen molar-refractivity contribution in [2.75, 3.05) is 31.2 Å². The minimum Gasteiger partial charge on any atom is -0.507 e. The molecule has 22 heavy (non-hydrogen) atoms. The van der Waals surface area contributed by atoms with Crippen LogP contribution in [0.15, 0.2) is 45.6 Å². The first-order chi connectivity index (χ1) is 10.7. The van der Waals surface area contributed by atoms with Crippen molar-refractivity contribution in [2.45, 2.75) is 0 Å². The van der Waals surface area contributed by atoms with Crippen LogP contribution in [0, 0.1) is 0 Å². The molecule has 0 saturated carbocycles. The molecule has 4 rings (SSSR count). The Morgan fingerprint density at radius 3 is 2.64 bits per heavy atom. The zero-order valence-corrected chi connectivity index (χ0v) is 11.9. The van der Waals surface area contributed by atoms with Crippen LogP contribution in [-0.2, 0) is 4.74 Å². The monoisotopic (exact) mass is 297 g/mol. The molecule has 1 fully saturated rings. The number of morpholine rings is 1. The maximum absolute atomic E-state index is 12.5. The molecule has 5 nitrogen and oxygen atoms in total. The third kappa shape index (κ3) is 2.02. The number of para-hydroxylation sites is 1. The summed E-state index contributed by atoms with van der Waals surface area (Å²) in [6.07, 6.45) is 0. The Morgan fingerprint density at radius 1 is 1.05 bits per heavy atom. The lowest BCUT2D eigenvalue weighted by atomic mass is 10.1. The number of hydrogen-bond donors (Lipinski definition) is 1. The van der Waals surface area contributed by atoms with Crippen LogP contribution in [-0.4, -0.2) is 31.4 Å². The van der Waals surface area contributed by atoms with E-state index in [0.717, 1.165) is 18.8 Å². The number of benzene rings is 2. The molecule has 3 aromatic rings. The van der Waals surface area contributed by atoms with Gasteiger partial charge in [-0.3, -0.25) is 4.79 Å². The zero-order chi connectivity index (χ0) is 15.1. The van der Waals surface area contributed by atoms with Gasteiger partial charge in [0.05, 0.1) is 18.6 Å². The van der Waals surface area contributed by atoms with Crippen molar-refractivity contribution in [2.24, 2.45) is 0 Å². The largest absolute Gasteiger partial charge is 0.507 e. The van der Waals surface area contributed by atoms with Crippen molar-refractivity contribution in [1.29, 1.82) is 0 Å². The third-order valence-corrected chi connectivity index (χ3v) is 4.02. The van der Waals surface area contributed by atoms with Gasteiger partial charge >= 0.3 is 0 Å². The maximum atomic E-state index is 12.5. The Morgan fingerprint density at radius 2 is 1.82 bits per heavy atom. The van der Waals surface area contributed by atoms with Crippen LogP contribution in [0.25, 0.3) is 21.9 Å². The number of rotatable bonds is 1. The number of phenols is 1. The fraction of sp³-hybridized carbons (Fsp3) is 0.235. The molecule has 1 aliphatic heterocycles. The van der Waals surface area contributed by atoms with Gasteiger partial charge in [0, 0.05) is 30.9 Å². The second-order valence-corrected chi connectivity index (χ2v) is 5.36. The maximum Gasteiger partial charge on any atom is 0.204 e. The summed E-state index contributed by atoms with van der Waals surface area (Å²) in [4.78, 5) is 14.7. The van der Waals surface area contributed by atoms with E-state index in [1.165, 1.54) is 0 Å². The Bertz CT molecular complexity index is 910. The van der Waals surface area contributed by atoms with Gasteiger partial charge in [-0.2, -0.15) is 0 Å². The molecule has 1 N–H and O–H groups in total. The molecule has 1 aromatic heterocycles. The summed E-state index contributed by atoms with van der Waals surface area (Å²) in [5.74, 6) is -0.0431. The van der Waals surface area contributed by atoms with Crippen LogP contribution in [0.3, 0.4) is 0 Å². The lowest BCUT2D eigenvalue weighted by Crippen LogP contribution is -2.36. The zero-order valence-electron chi connectivity index (χ0n) is 11.9. The van der Waals surface area contributed by atoms with Gasteiger partial charge in [-0.1, -0.05) is 12.1 Å². The van der Waals surface area contributed by atoms with E-state index in [4.69, 9.17) is 9.15 Å². The summed E-state index contributed by atoms with van der Waals surface area (Å²) < 4.78 is 11.2. The summed E-state index contributed by atoms with van der Waals surface area (Å²) in [5, 5.41) is 11.0. The highest BCUT2D eigenvalue weighted by Crippen LogP contribution is 2.31. The molecule has 0 spiro atoms. The van der Waals surface area contributed by atoms with Gasteiger partial charge in [0.2, 0.25) is 5.43 Å². The van der Waals surface area contributed by atoms with E-state index in [2.05, 4.69) is 4.90 Å². The topological polar surface area (TPSA) is 62.9 Å². The predicted molar refractivity (Wildman–Crippen MR) is 84.7 cm³/mol. The van der Waals surface area contributed by atoms with Crippen LogP contribution >= 0.6 is 0 Å². The van der Waals surface area contributed by atoms with E-state index < -0.39 is 0 Å². The van der Waals surface area contributed by atoms with E-state index in [1.807, 2.05) is 12.1 Å². The third-order valence-electron chi connectivity index (χ3n) is 4.02. The SMILES string of the molecule is O=c1c2ccccc2oc2cc(N3CCOCC3)cc(O)c12. The quantitative estimate of drug-likeness (QED) is 0.699. The van der Waals surface area contributed by atoms with Gasteiger partial charge in [0.25, 0.3) is 0 Å². The van der Waals surface area contributed by atoms with E-state index in [0.29, 0.717) is 29.8 Å². The number of ether oxygens (including phenoxy) is 1. The number of nitrogens with zero attached hydrogens (tertiary/aromatic N) is 1. The van der Waals surface area contributed by atoms with Crippen molar-refractivity contribution in [3.05, 3.63) is 46.6 Å². The molecule has 112 valence electrons. The Labute approximate surface area is 126 Å². The average Bonchev–Trinajstić information content (AvgIpc) is 2.55. The Kier molecular flexibility index (Phi) is 3.01. The molecule has 0 unspecified atom stereocenters. The van der Waals surface area contributed by atoms with Crippen LogP contribution in [0.4, 0.5) is 5.69 Å². The second-order valence-electron chi connectivity index (χ2n) is 5.36. The van der Waals surface area contributed by atoms with Crippen LogP contribution in [0.2, 0.25) is 0 Å². The average molecular weight is 297 g/mol. The highest BCUT2D eigenvalue weighted by molar-refractivity contribution is 5.94. The van der Waals surface area contributed by atoms with Gasteiger partial charge in [0.1, 0.15) is 22.3 Å². The summed E-state index contributed by atoms with van der Waals surface area (Å²) in [6.45, 7) is 2.81. The minimum absolute atomic E-state index is 0.0431. The Balaban J connectivity index is 1.97. The summed E-state index contributed by atoms with van der Waals surface area (Å²) >= 11 is 0. The molecule has 0 bridgehead atoms. The second kappa shape index (κ2) is 5.03. The van der Waals surface area contributed by atoms with Gasteiger partial charge in [-0.25, -0.2) is 0 Å². The molecule has 5 heteroatoms. The van der Waals surface area contributed by atoms with Crippen molar-refractivity contribution < 1.29 is 14.3 Å². The highest BCUT2D eigenvalue weighted by atomic mass is 16.5. The van der Waals surface area contributed by atoms with E-state index >= 15 is 0 Å². The molecular formula is C17H15NO4. The molecule has 1 aliphatic rings. The van der Waals surface area contributed by atoms with Gasteiger partial charge in [-0.05, 0) is 12.1 Å². The highest BCUT2D eigenvalue weighted by Gasteiger charge is 2.17. The molecule has 0 amide bonds. The van der Waals surface area contributed by atoms with Crippen LogP contribution < -0.4 is 10.3 Å². The summed E-state index contributed by atoms with van der Waals surface area (Å²) in [7, 11) is 0. The summed E-state index contributed by atoms with van der Waals surface area (Å²) in [6, 6.07) is 10.5. The first-order valence-corrected chi connectivity index (χ1v) is 7.25. The van der Waals surface area contributed by atoms with Crippen molar-refractivity contribution in [3.8, 4) is 5.75 Å². The number of fused-ring (bicyclic) bond motifs is 2. The van der Waals surface area contributed by atoms with E-state index in [-0.39, 0.29) is 16.6 Å². The lowest BCUT2D eigenvalue weighted by Gasteiger charge is -2.29. The number of aromatic hydroxyl groups is 1. The van der Waals surface area contributed by atoms with Crippen molar-refractivity contribution in [1.82, 2.24) is 0 Å². The molecular weight excluding hydrogens is 282 g/mol. The van der Waals surface area contributed by atoms with Gasteiger partial charge < -0.3 is 19.2 Å². The molecule has 0 aliphatic carbocycles. The van der Waals surface area contributed by atoms with Crippen molar-refractivity contribution in [3.63, 3.8) is 0 Å². The van der Waals surface area contributed by atoms with E-state index in [9.17, 15) is 9.90 Å². The normalized spacial score (nSPS) is 15.5. The molecule has 2 aromatic carbocycles. The van der Waals surface area contributed by atoms with Crippen molar-refractivity contribution >= 4 is 27.6 Å². The lowest BCUT2D eigenvalue weighted by molar-refractivity contribution is 0.122. The minimum atomic E-state index is -0.206. The molecule has 2 heterocycles. The Hall–Kier alpha value is -2.53. The fourth-order valence-corrected chi connectivity index (χ4v) is 2.90. The van der Waals surface area contributed by atoms with Crippen LogP contribution in [0.1, 0.15) is 0 Å². The number of anilines is 1. The fourth-order valence-electron chi connectivity index (χ4n) is 2.90. The smallest absolute Gasteiger partial charge is 0.204 e. The van der Waals surface area contributed by atoms with E-state index in [1.54, 1.807) is 24.3 Å². The van der Waals surface area contributed by atoms with Gasteiger partial charge in [0.15, 0.2) is 0 Å². The first kappa shape index (κ1) is 13.2. The first-order valence-electron chi connectivity index (χ1n) is 7.25. The molecule has 1 saturated heterocycles.